The number of phenols is 1. The SMILES string of the molecule is CCN(CCBr)C(=O)c1cc(O)ccc1Cl. The van der Waals surface area contributed by atoms with Crippen molar-refractivity contribution in [3.05, 3.63) is 28.8 Å². The van der Waals surface area contributed by atoms with Crippen LogP contribution < -0.4 is 0 Å². The molecule has 1 aromatic carbocycles. The summed E-state index contributed by atoms with van der Waals surface area (Å²) in [4.78, 5) is 13.7. The van der Waals surface area contributed by atoms with Gasteiger partial charge in [0.15, 0.2) is 0 Å². The summed E-state index contributed by atoms with van der Waals surface area (Å²) >= 11 is 9.21. The highest BCUT2D eigenvalue weighted by atomic mass is 79.9. The van der Waals surface area contributed by atoms with Crippen molar-refractivity contribution in [3.8, 4) is 5.75 Å². The van der Waals surface area contributed by atoms with Crippen LogP contribution in [0.4, 0.5) is 0 Å². The molecule has 0 radical (unpaired) electrons. The molecule has 0 heterocycles. The summed E-state index contributed by atoms with van der Waals surface area (Å²) < 4.78 is 0. The Kier molecular flexibility index (Phi) is 5.09. The van der Waals surface area contributed by atoms with Gasteiger partial charge in [-0.25, -0.2) is 0 Å². The minimum atomic E-state index is -0.164. The van der Waals surface area contributed by atoms with Gasteiger partial charge >= 0.3 is 0 Å². The van der Waals surface area contributed by atoms with Crippen LogP contribution in [-0.4, -0.2) is 34.3 Å². The monoisotopic (exact) mass is 305 g/mol. The van der Waals surface area contributed by atoms with Crippen LogP contribution in [0.1, 0.15) is 17.3 Å². The third kappa shape index (κ3) is 3.12. The fourth-order valence-corrected chi connectivity index (χ4v) is 1.98. The zero-order chi connectivity index (χ0) is 12.1. The Morgan fingerprint density at radius 1 is 1.56 bits per heavy atom. The lowest BCUT2D eigenvalue weighted by Gasteiger charge is -2.20. The van der Waals surface area contributed by atoms with Gasteiger partial charge in [0.25, 0.3) is 5.91 Å². The number of aromatic hydroxyl groups is 1. The van der Waals surface area contributed by atoms with E-state index < -0.39 is 0 Å². The van der Waals surface area contributed by atoms with Crippen LogP contribution in [0.2, 0.25) is 5.02 Å². The van der Waals surface area contributed by atoms with Gasteiger partial charge in [-0.1, -0.05) is 27.5 Å². The van der Waals surface area contributed by atoms with Crippen LogP contribution in [0.5, 0.6) is 5.75 Å². The number of alkyl halides is 1. The number of carbonyl (C=O) groups is 1. The predicted octanol–water partition coefficient (Wildman–Crippen LogP) is 2.90. The van der Waals surface area contributed by atoms with E-state index in [9.17, 15) is 9.90 Å². The van der Waals surface area contributed by atoms with Crippen LogP contribution in [0, 0.1) is 0 Å². The highest BCUT2D eigenvalue weighted by molar-refractivity contribution is 9.09. The Labute approximate surface area is 108 Å². The molecule has 0 bridgehead atoms. The first-order valence-electron chi connectivity index (χ1n) is 4.94. The average molecular weight is 307 g/mol. The maximum absolute atomic E-state index is 12.0. The van der Waals surface area contributed by atoms with E-state index >= 15 is 0 Å². The molecule has 0 atom stereocenters. The molecule has 0 saturated heterocycles. The average Bonchev–Trinajstić information content (AvgIpc) is 2.28. The molecule has 1 amide bonds. The summed E-state index contributed by atoms with van der Waals surface area (Å²) in [6.07, 6.45) is 0. The van der Waals surface area contributed by atoms with Gasteiger partial charge in [-0.2, -0.15) is 0 Å². The van der Waals surface area contributed by atoms with E-state index in [0.29, 0.717) is 29.0 Å². The maximum atomic E-state index is 12.0. The minimum absolute atomic E-state index is 0.0441. The van der Waals surface area contributed by atoms with E-state index in [1.165, 1.54) is 18.2 Å². The fraction of sp³-hybridized carbons (Fsp3) is 0.364. The third-order valence-corrected chi connectivity index (χ3v) is 2.89. The molecule has 16 heavy (non-hydrogen) atoms. The first-order valence-corrected chi connectivity index (χ1v) is 6.43. The molecule has 0 saturated carbocycles. The smallest absolute Gasteiger partial charge is 0.255 e. The van der Waals surface area contributed by atoms with Crippen molar-refractivity contribution < 1.29 is 9.90 Å². The standard InChI is InChI=1S/C11H13BrClNO2/c1-2-14(6-5-12)11(16)9-7-8(15)3-4-10(9)13/h3-4,7,15H,2,5-6H2,1H3. The lowest BCUT2D eigenvalue weighted by Crippen LogP contribution is -2.32. The summed E-state index contributed by atoms with van der Waals surface area (Å²) in [5.41, 5.74) is 0.337. The number of hydrogen-bond acceptors (Lipinski definition) is 2. The summed E-state index contributed by atoms with van der Waals surface area (Å²) in [6.45, 7) is 3.12. The number of halogens is 2. The molecule has 0 aliphatic heterocycles. The van der Waals surface area contributed by atoms with E-state index in [-0.39, 0.29) is 11.7 Å². The van der Waals surface area contributed by atoms with E-state index in [1.807, 2.05) is 6.92 Å². The van der Waals surface area contributed by atoms with Crippen LogP contribution >= 0.6 is 27.5 Å². The first kappa shape index (κ1) is 13.3. The molecule has 88 valence electrons. The summed E-state index contributed by atoms with van der Waals surface area (Å²) in [5.74, 6) is -0.120. The van der Waals surface area contributed by atoms with Gasteiger partial charge in [-0.05, 0) is 25.1 Å². The Morgan fingerprint density at radius 3 is 2.81 bits per heavy atom. The Morgan fingerprint density at radius 2 is 2.25 bits per heavy atom. The topological polar surface area (TPSA) is 40.5 Å². The van der Waals surface area contributed by atoms with Crippen LogP contribution in [0.15, 0.2) is 18.2 Å². The largest absolute Gasteiger partial charge is 0.508 e. The molecule has 1 aromatic rings. The molecular weight excluding hydrogens is 293 g/mol. The third-order valence-electron chi connectivity index (χ3n) is 2.20. The second-order valence-corrected chi connectivity index (χ2v) is 4.44. The Bertz CT molecular complexity index is 384. The molecule has 0 aliphatic rings. The zero-order valence-electron chi connectivity index (χ0n) is 8.91. The van der Waals surface area contributed by atoms with Crippen molar-refractivity contribution in [1.29, 1.82) is 0 Å². The van der Waals surface area contributed by atoms with Crippen molar-refractivity contribution in [2.75, 3.05) is 18.4 Å². The predicted molar refractivity (Wildman–Crippen MR) is 68.5 cm³/mol. The number of phenolic OH excluding ortho intramolecular Hbond substituents is 1. The van der Waals surface area contributed by atoms with E-state index in [4.69, 9.17) is 11.6 Å². The van der Waals surface area contributed by atoms with Crippen LogP contribution in [0.3, 0.4) is 0 Å². The Hall–Kier alpha value is -0.740. The highest BCUT2D eigenvalue weighted by Crippen LogP contribution is 2.22. The number of benzene rings is 1. The summed E-state index contributed by atoms with van der Waals surface area (Å²) in [6, 6.07) is 4.37. The molecular formula is C11H13BrClNO2. The quantitative estimate of drug-likeness (QED) is 0.869. The molecule has 3 nitrogen and oxygen atoms in total. The molecule has 0 aliphatic carbocycles. The second kappa shape index (κ2) is 6.11. The normalized spacial score (nSPS) is 10.2. The maximum Gasteiger partial charge on any atom is 0.255 e. The highest BCUT2D eigenvalue weighted by Gasteiger charge is 2.16. The number of hydrogen-bond donors (Lipinski definition) is 1. The molecule has 0 fully saturated rings. The zero-order valence-corrected chi connectivity index (χ0v) is 11.3. The van der Waals surface area contributed by atoms with Gasteiger partial charge in [0.2, 0.25) is 0 Å². The lowest BCUT2D eigenvalue weighted by molar-refractivity contribution is 0.0774. The van der Waals surface area contributed by atoms with Gasteiger partial charge in [0, 0.05) is 18.4 Å². The minimum Gasteiger partial charge on any atom is -0.508 e. The van der Waals surface area contributed by atoms with E-state index in [1.54, 1.807) is 4.90 Å². The Balaban J connectivity index is 2.98. The van der Waals surface area contributed by atoms with Crippen molar-refractivity contribution >= 4 is 33.4 Å². The van der Waals surface area contributed by atoms with Crippen molar-refractivity contribution in [2.24, 2.45) is 0 Å². The van der Waals surface area contributed by atoms with Gasteiger partial charge in [0.1, 0.15) is 5.75 Å². The van der Waals surface area contributed by atoms with E-state index in [2.05, 4.69) is 15.9 Å². The number of rotatable bonds is 4. The van der Waals surface area contributed by atoms with Crippen molar-refractivity contribution in [1.82, 2.24) is 4.90 Å². The van der Waals surface area contributed by atoms with Crippen LogP contribution in [-0.2, 0) is 0 Å². The summed E-state index contributed by atoms with van der Waals surface area (Å²) in [7, 11) is 0. The molecule has 1 N–H and O–H groups in total. The number of carbonyl (C=O) groups excluding carboxylic acids is 1. The molecule has 5 heteroatoms. The number of amides is 1. The summed E-state index contributed by atoms with van der Waals surface area (Å²) in [5, 5.41) is 10.4. The molecule has 0 aromatic heterocycles. The lowest BCUT2D eigenvalue weighted by atomic mass is 10.2. The van der Waals surface area contributed by atoms with Crippen molar-refractivity contribution in [2.45, 2.75) is 6.92 Å². The second-order valence-electron chi connectivity index (χ2n) is 3.24. The molecule has 0 spiro atoms. The van der Waals surface area contributed by atoms with Crippen LogP contribution in [0.25, 0.3) is 0 Å². The molecule has 0 unspecified atom stereocenters. The van der Waals surface area contributed by atoms with Gasteiger partial charge < -0.3 is 10.0 Å². The fourth-order valence-electron chi connectivity index (χ4n) is 1.35. The molecule has 1 rings (SSSR count). The first-order chi connectivity index (χ1) is 7.60. The van der Waals surface area contributed by atoms with Gasteiger partial charge in [-0.3, -0.25) is 4.79 Å². The number of nitrogens with zero attached hydrogens (tertiary/aromatic N) is 1. The van der Waals surface area contributed by atoms with Gasteiger partial charge in [0.05, 0.1) is 10.6 Å². The van der Waals surface area contributed by atoms with Crippen molar-refractivity contribution in [3.63, 3.8) is 0 Å². The van der Waals surface area contributed by atoms with Gasteiger partial charge in [-0.15, -0.1) is 0 Å². The van der Waals surface area contributed by atoms with E-state index in [0.717, 1.165) is 0 Å².